The van der Waals surface area contributed by atoms with E-state index in [1.807, 2.05) is 19.9 Å². The molecule has 1 saturated heterocycles. The van der Waals surface area contributed by atoms with Crippen molar-refractivity contribution in [1.29, 1.82) is 5.26 Å². The first-order chi connectivity index (χ1) is 8.52. The predicted molar refractivity (Wildman–Crippen MR) is 67.8 cm³/mol. The maximum Gasteiger partial charge on any atom is 0.143 e. The Morgan fingerprint density at radius 1 is 1.50 bits per heavy atom. The van der Waals surface area contributed by atoms with Crippen LogP contribution in [0.25, 0.3) is 0 Å². The second-order valence-electron chi connectivity index (χ2n) is 5.22. The van der Waals surface area contributed by atoms with E-state index in [2.05, 4.69) is 5.32 Å². The van der Waals surface area contributed by atoms with Crippen molar-refractivity contribution < 1.29 is 9.13 Å². The van der Waals surface area contributed by atoms with Crippen molar-refractivity contribution in [3.63, 3.8) is 0 Å². The van der Waals surface area contributed by atoms with Crippen molar-refractivity contribution in [2.75, 3.05) is 11.9 Å². The fourth-order valence-electron chi connectivity index (χ4n) is 2.33. The summed E-state index contributed by atoms with van der Waals surface area (Å²) in [6.45, 7) is 4.76. The van der Waals surface area contributed by atoms with Crippen LogP contribution < -0.4 is 5.32 Å². The Bertz CT molecular complexity index is 479. The number of anilines is 1. The van der Waals surface area contributed by atoms with Gasteiger partial charge in [-0.1, -0.05) is 6.07 Å². The van der Waals surface area contributed by atoms with Crippen LogP contribution in [0.5, 0.6) is 0 Å². The van der Waals surface area contributed by atoms with Gasteiger partial charge in [-0.05, 0) is 38.8 Å². The molecule has 1 heterocycles. The van der Waals surface area contributed by atoms with Gasteiger partial charge in [0.15, 0.2) is 0 Å². The number of rotatable bonds is 2. The molecule has 96 valence electrons. The molecule has 1 atom stereocenters. The van der Waals surface area contributed by atoms with Gasteiger partial charge in [-0.3, -0.25) is 0 Å². The summed E-state index contributed by atoms with van der Waals surface area (Å²) in [5.74, 6) is -0.478. The molecule has 0 aromatic heterocycles. The van der Waals surface area contributed by atoms with Crippen LogP contribution in [0.1, 0.15) is 32.3 Å². The third-order valence-corrected chi connectivity index (χ3v) is 3.18. The monoisotopic (exact) mass is 248 g/mol. The zero-order valence-corrected chi connectivity index (χ0v) is 10.7. The first-order valence-electron chi connectivity index (χ1n) is 6.11. The summed E-state index contributed by atoms with van der Waals surface area (Å²) in [4.78, 5) is 0. The Morgan fingerprint density at radius 3 is 2.94 bits per heavy atom. The van der Waals surface area contributed by atoms with E-state index in [9.17, 15) is 4.39 Å². The predicted octanol–water partition coefficient (Wildman–Crippen LogP) is 3.07. The largest absolute Gasteiger partial charge is 0.381 e. The smallest absolute Gasteiger partial charge is 0.143 e. The van der Waals surface area contributed by atoms with Gasteiger partial charge in [-0.15, -0.1) is 0 Å². The molecule has 0 bridgehead atoms. The van der Waals surface area contributed by atoms with E-state index in [1.165, 1.54) is 6.07 Å². The van der Waals surface area contributed by atoms with Gasteiger partial charge in [0, 0.05) is 12.6 Å². The molecule has 1 aromatic rings. The minimum absolute atomic E-state index is 0.0850. The minimum atomic E-state index is -0.478. The highest BCUT2D eigenvalue weighted by Crippen LogP contribution is 2.27. The molecule has 0 amide bonds. The first kappa shape index (κ1) is 12.8. The minimum Gasteiger partial charge on any atom is -0.381 e. The van der Waals surface area contributed by atoms with Gasteiger partial charge in [0.2, 0.25) is 0 Å². The third-order valence-electron chi connectivity index (χ3n) is 3.18. The zero-order chi connectivity index (χ0) is 13.2. The van der Waals surface area contributed by atoms with Gasteiger partial charge in [0.1, 0.15) is 17.4 Å². The molecule has 0 radical (unpaired) electrons. The highest BCUT2D eigenvalue weighted by Gasteiger charge is 2.29. The van der Waals surface area contributed by atoms with Crippen molar-refractivity contribution >= 4 is 5.69 Å². The van der Waals surface area contributed by atoms with Crippen LogP contribution in [0.2, 0.25) is 0 Å². The van der Waals surface area contributed by atoms with Crippen LogP contribution in [0.15, 0.2) is 18.2 Å². The molecule has 1 N–H and O–H groups in total. The fourth-order valence-corrected chi connectivity index (χ4v) is 2.33. The van der Waals surface area contributed by atoms with Crippen molar-refractivity contribution in [3.05, 3.63) is 29.6 Å². The molecule has 3 nitrogen and oxygen atoms in total. The highest BCUT2D eigenvalue weighted by atomic mass is 19.1. The van der Waals surface area contributed by atoms with E-state index in [0.29, 0.717) is 12.3 Å². The second kappa shape index (κ2) is 4.95. The molecular formula is C14H17FN2O. The Hall–Kier alpha value is -1.60. The summed E-state index contributed by atoms with van der Waals surface area (Å²) < 4.78 is 19.1. The molecule has 1 aromatic carbocycles. The summed E-state index contributed by atoms with van der Waals surface area (Å²) in [5, 5.41) is 12.2. The lowest BCUT2D eigenvalue weighted by atomic mass is 9.93. The lowest BCUT2D eigenvalue weighted by Crippen LogP contribution is -2.40. The van der Waals surface area contributed by atoms with Gasteiger partial charge >= 0.3 is 0 Å². The van der Waals surface area contributed by atoms with E-state index >= 15 is 0 Å². The Balaban J connectivity index is 2.15. The average molecular weight is 248 g/mol. The standard InChI is InChI=1S/C14H17FN2O/c1-14(2)8-10(6-7-18-14)17-13-5-3-4-12(15)11(13)9-16/h3-5,10,17H,6-8H2,1-2H3. The van der Waals surface area contributed by atoms with Gasteiger partial charge in [0.25, 0.3) is 0 Å². The third kappa shape index (κ3) is 2.80. The number of hydrogen-bond donors (Lipinski definition) is 1. The Morgan fingerprint density at radius 2 is 2.28 bits per heavy atom. The number of halogens is 1. The maximum atomic E-state index is 13.5. The summed E-state index contributed by atoms with van der Waals surface area (Å²) >= 11 is 0. The van der Waals surface area contributed by atoms with Gasteiger partial charge < -0.3 is 10.1 Å². The SMILES string of the molecule is CC1(C)CC(Nc2cccc(F)c2C#N)CCO1. The van der Waals surface area contributed by atoms with Crippen molar-refractivity contribution in [2.45, 2.75) is 38.3 Å². The quantitative estimate of drug-likeness (QED) is 0.874. The van der Waals surface area contributed by atoms with Crippen LogP contribution in [-0.2, 0) is 4.74 Å². The molecule has 4 heteroatoms. The molecule has 1 unspecified atom stereocenters. The molecule has 1 fully saturated rings. The van der Waals surface area contributed by atoms with Crippen LogP contribution in [0.4, 0.5) is 10.1 Å². The lowest BCUT2D eigenvalue weighted by Gasteiger charge is -2.36. The summed E-state index contributed by atoms with van der Waals surface area (Å²) in [6, 6.07) is 6.77. The number of hydrogen-bond acceptors (Lipinski definition) is 3. The summed E-state index contributed by atoms with van der Waals surface area (Å²) in [7, 11) is 0. The van der Waals surface area contributed by atoms with Crippen molar-refractivity contribution in [1.82, 2.24) is 0 Å². The topological polar surface area (TPSA) is 45.0 Å². The van der Waals surface area contributed by atoms with Crippen molar-refractivity contribution in [3.8, 4) is 6.07 Å². The van der Waals surface area contributed by atoms with Crippen molar-refractivity contribution in [2.24, 2.45) is 0 Å². The molecule has 2 rings (SSSR count). The molecule has 0 saturated carbocycles. The van der Waals surface area contributed by atoms with E-state index in [1.54, 1.807) is 12.1 Å². The molecular weight excluding hydrogens is 231 g/mol. The van der Waals surface area contributed by atoms with E-state index in [4.69, 9.17) is 10.00 Å². The number of benzene rings is 1. The van der Waals surface area contributed by atoms with Gasteiger partial charge in [-0.25, -0.2) is 4.39 Å². The number of nitrogens with one attached hydrogen (secondary N) is 1. The average Bonchev–Trinajstić information content (AvgIpc) is 2.28. The molecule has 1 aliphatic heterocycles. The number of ether oxygens (including phenoxy) is 1. The van der Waals surface area contributed by atoms with Gasteiger partial charge in [-0.2, -0.15) is 5.26 Å². The second-order valence-corrected chi connectivity index (χ2v) is 5.22. The van der Waals surface area contributed by atoms with E-state index in [-0.39, 0.29) is 17.2 Å². The van der Waals surface area contributed by atoms with Crippen LogP contribution in [0.3, 0.4) is 0 Å². The zero-order valence-electron chi connectivity index (χ0n) is 10.7. The maximum absolute atomic E-state index is 13.5. The van der Waals surface area contributed by atoms with Crippen LogP contribution in [-0.4, -0.2) is 18.2 Å². The van der Waals surface area contributed by atoms with E-state index < -0.39 is 5.82 Å². The van der Waals surface area contributed by atoms with Gasteiger partial charge in [0.05, 0.1) is 11.3 Å². The molecule has 0 aliphatic carbocycles. The summed E-state index contributed by atoms with van der Waals surface area (Å²) in [6.07, 6.45) is 1.71. The highest BCUT2D eigenvalue weighted by molar-refractivity contribution is 5.58. The number of nitrogens with zero attached hydrogens (tertiary/aromatic N) is 1. The fraction of sp³-hybridized carbons (Fsp3) is 0.500. The number of nitriles is 1. The Labute approximate surface area is 107 Å². The lowest BCUT2D eigenvalue weighted by molar-refractivity contribution is -0.0553. The molecule has 18 heavy (non-hydrogen) atoms. The summed E-state index contributed by atoms with van der Waals surface area (Å²) in [5.41, 5.74) is 0.484. The van der Waals surface area contributed by atoms with Crippen LogP contribution in [0, 0.1) is 17.1 Å². The van der Waals surface area contributed by atoms with Crippen LogP contribution >= 0.6 is 0 Å². The normalized spacial score (nSPS) is 22.2. The first-order valence-corrected chi connectivity index (χ1v) is 6.11. The molecule has 1 aliphatic rings. The van der Waals surface area contributed by atoms with E-state index in [0.717, 1.165) is 12.8 Å². The Kier molecular flexibility index (Phi) is 3.53. The molecule has 0 spiro atoms.